The Morgan fingerprint density at radius 2 is 2.19 bits per heavy atom. The van der Waals surface area contributed by atoms with E-state index in [2.05, 4.69) is 20.8 Å². The Hall–Kier alpha value is -2.06. The molecule has 0 radical (unpaired) electrons. The summed E-state index contributed by atoms with van der Waals surface area (Å²) in [4.78, 5) is 38.8. The van der Waals surface area contributed by atoms with E-state index in [0.29, 0.717) is 27.8 Å². The molecule has 2 amide bonds. The van der Waals surface area contributed by atoms with Crippen LogP contribution in [0.1, 0.15) is 5.56 Å². The van der Waals surface area contributed by atoms with Gasteiger partial charge in [-0.1, -0.05) is 35.0 Å². The van der Waals surface area contributed by atoms with Gasteiger partial charge in [0.1, 0.15) is 21.6 Å². The number of hydrogen-bond donors (Lipinski definition) is 2. The molecule has 0 aliphatic carbocycles. The number of aryl methyl sites for hydroxylation is 1. The first-order valence-electron chi connectivity index (χ1n) is 8.93. The van der Waals surface area contributed by atoms with Crippen LogP contribution in [0.2, 0.25) is 0 Å². The van der Waals surface area contributed by atoms with E-state index in [0.717, 1.165) is 0 Å². The Kier molecular flexibility index (Phi) is 6.81. The number of halogens is 2. The highest BCUT2D eigenvalue weighted by Gasteiger charge is 2.54. The van der Waals surface area contributed by atoms with Crippen molar-refractivity contribution in [2.24, 2.45) is 7.05 Å². The number of thiophene rings is 1. The molecule has 2 aromatic heterocycles. The van der Waals surface area contributed by atoms with Gasteiger partial charge in [-0.2, -0.15) is 11.3 Å². The predicted molar refractivity (Wildman–Crippen MR) is 122 cm³/mol. The fraction of sp³-hybridized carbons (Fsp3) is 0.294. The zero-order chi connectivity index (χ0) is 23.0. The van der Waals surface area contributed by atoms with Gasteiger partial charge < -0.3 is 10.4 Å². The van der Waals surface area contributed by atoms with E-state index in [-0.39, 0.29) is 15.8 Å². The number of thioether (sulfide) groups is 2. The molecular weight excluding hydrogens is 519 g/mol. The SMILES string of the molecule is Cn1nnnc1SCC1=C(C(=O)O)N2C(=O)C(NC(=O)C(=C(Cl)Cl)c3ccsc3)[C@@H]2SC1. The Morgan fingerprint density at radius 3 is 2.78 bits per heavy atom. The van der Waals surface area contributed by atoms with E-state index >= 15 is 0 Å². The highest BCUT2D eigenvalue weighted by atomic mass is 35.5. The van der Waals surface area contributed by atoms with Gasteiger partial charge in [0, 0.05) is 24.1 Å². The third kappa shape index (κ3) is 4.27. The first-order chi connectivity index (χ1) is 15.3. The van der Waals surface area contributed by atoms with Gasteiger partial charge in [-0.3, -0.25) is 14.5 Å². The minimum atomic E-state index is -1.21. The second-order valence-electron chi connectivity index (χ2n) is 6.64. The Balaban J connectivity index is 1.51. The average molecular weight is 533 g/mol. The molecule has 168 valence electrons. The minimum absolute atomic E-state index is 0.0602. The van der Waals surface area contributed by atoms with Gasteiger partial charge in [0.05, 0.1) is 5.57 Å². The fourth-order valence-electron chi connectivity index (χ4n) is 3.24. The van der Waals surface area contributed by atoms with E-state index in [1.54, 1.807) is 23.9 Å². The number of nitrogens with zero attached hydrogens (tertiary/aromatic N) is 5. The zero-order valence-electron chi connectivity index (χ0n) is 16.2. The molecular formula is C17H14Cl2N6O4S3. The topological polar surface area (TPSA) is 130 Å². The second-order valence-corrected chi connectivity index (χ2v) is 10.4. The first kappa shape index (κ1) is 23.1. The standard InChI is InChI=1S/C17H14Cl2N6O4S3/c1-24-17(21-22-23-24)32-6-8-5-31-15-10(14(27)25(15)11(8)16(28)29)20-13(26)9(12(18)19)7-2-3-30-4-7/h2-4,10,15H,5-6H2,1H3,(H,20,26)(H,28,29)/t10?,15-/m0/s1. The summed E-state index contributed by atoms with van der Waals surface area (Å²) < 4.78 is 1.26. The molecule has 2 N–H and O–H groups in total. The number of tetrazole rings is 1. The van der Waals surface area contributed by atoms with Crippen LogP contribution in [0.5, 0.6) is 0 Å². The van der Waals surface area contributed by atoms with Gasteiger partial charge in [-0.15, -0.1) is 16.9 Å². The molecule has 4 heterocycles. The number of aromatic nitrogens is 4. The zero-order valence-corrected chi connectivity index (χ0v) is 20.2. The Labute approximate surface area is 204 Å². The highest BCUT2D eigenvalue weighted by Crippen LogP contribution is 2.41. The van der Waals surface area contributed by atoms with Crippen molar-refractivity contribution in [2.45, 2.75) is 16.6 Å². The number of carbonyl (C=O) groups excluding carboxylic acids is 2. The summed E-state index contributed by atoms with van der Waals surface area (Å²) in [5.41, 5.74) is 1.10. The maximum Gasteiger partial charge on any atom is 0.352 e. The van der Waals surface area contributed by atoms with Crippen LogP contribution in [0.3, 0.4) is 0 Å². The quantitative estimate of drug-likeness (QED) is 0.312. The summed E-state index contributed by atoms with van der Waals surface area (Å²) >= 11 is 15.8. The monoisotopic (exact) mass is 532 g/mol. The Morgan fingerprint density at radius 1 is 1.41 bits per heavy atom. The minimum Gasteiger partial charge on any atom is -0.477 e. The molecule has 2 atom stereocenters. The molecule has 4 rings (SSSR count). The van der Waals surface area contributed by atoms with Crippen molar-refractivity contribution < 1.29 is 19.5 Å². The summed E-state index contributed by atoms with van der Waals surface area (Å²) in [6.45, 7) is 0. The number of amides is 2. The molecule has 2 aliphatic heterocycles. The number of hydrogen-bond acceptors (Lipinski definition) is 9. The van der Waals surface area contributed by atoms with Crippen LogP contribution < -0.4 is 5.32 Å². The van der Waals surface area contributed by atoms with Crippen molar-refractivity contribution in [3.63, 3.8) is 0 Å². The van der Waals surface area contributed by atoms with E-state index in [1.807, 2.05) is 0 Å². The number of carboxylic acid groups (broad SMARTS) is 1. The smallest absolute Gasteiger partial charge is 0.352 e. The maximum absolute atomic E-state index is 12.8. The van der Waals surface area contributed by atoms with E-state index in [1.165, 1.54) is 44.4 Å². The molecule has 0 aromatic carbocycles. The molecule has 0 bridgehead atoms. The first-order valence-corrected chi connectivity index (χ1v) is 12.7. The maximum atomic E-state index is 12.8. The van der Waals surface area contributed by atoms with E-state index in [4.69, 9.17) is 23.2 Å². The number of nitrogens with one attached hydrogen (secondary N) is 1. The predicted octanol–water partition coefficient (Wildman–Crippen LogP) is 1.95. The second kappa shape index (κ2) is 9.43. The van der Waals surface area contributed by atoms with Gasteiger partial charge >= 0.3 is 5.97 Å². The number of aliphatic carboxylic acids is 1. The average Bonchev–Trinajstić information content (AvgIpc) is 3.41. The molecule has 1 fully saturated rings. The summed E-state index contributed by atoms with van der Waals surface area (Å²) in [7, 11) is 1.68. The Bertz CT molecular complexity index is 1150. The molecule has 1 unspecified atom stereocenters. The van der Waals surface area contributed by atoms with Gasteiger partial charge in [-0.25, -0.2) is 9.48 Å². The molecule has 1 saturated heterocycles. The largest absolute Gasteiger partial charge is 0.477 e. The van der Waals surface area contributed by atoms with Crippen molar-refractivity contribution in [2.75, 3.05) is 11.5 Å². The summed E-state index contributed by atoms with van der Waals surface area (Å²) in [6, 6.07) is 0.802. The summed E-state index contributed by atoms with van der Waals surface area (Å²) in [5, 5.41) is 27.0. The van der Waals surface area contributed by atoms with Crippen LogP contribution in [0.4, 0.5) is 0 Å². The van der Waals surface area contributed by atoms with Crippen LogP contribution in [0.25, 0.3) is 5.57 Å². The number of carbonyl (C=O) groups is 3. The van der Waals surface area contributed by atoms with E-state index < -0.39 is 29.2 Å². The van der Waals surface area contributed by atoms with Crippen molar-refractivity contribution in [3.05, 3.63) is 38.2 Å². The lowest BCUT2D eigenvalue weighted by atomic mass is 10.0. The summed E-state index contributed by atoms with van der Waals surface area (Å²) in [6.07, 6.45) is 0. The lowest BCUT2D eigenvalue weighted by Crippen LogP contribution is -2.70. The molecule has 32 heavy (non-hydrogen) atoms. The van der Waals surface area contributed by atoms with E-state index in [9.17, 15) is 19.5 Å². The van der Waals surface area contributed by atoms with Crippen LogP contribution in [0.15, 0.2) is 37.7 Å². The normalized spacial score (nSPS) is 20.0. The lowest BCUT2D eigenvalue weighted by molar-refractivity contribution is -0.150. The van der Waals surface area contributed by atoms with Crippen LogP contribution >= 0.6 is 58.1 Å². The van der Waals surface area contributed by atoms with Gasteiger partial charge in [0.15, 0.2) is 0 Å². The highest BCUT2D eigenvalue weighted by molar-refractivity contribution is 8.01. The van der Waals surface area contributed by atoms with Gasteiger partial charge in [0.25, 0.3) is 11.8 Å². The number of β-lactam (4-membered cyclic amide) rings is 1. The number of fused-ring (bicyclic) bond motifs is 1. The van der Waals surface area contributed by atoms with Gasteiger partial charge in [0.2, 0.25) is 5.16 Å². The van der Waals surface area contributed by atoms with Crippen molar-refractivity contribution in [3.8, 4) is 0 Å². The lowest BCUT2D eigenvalue weighted by Gasteiger charge is -2.49. The van der Waals surface area contributed by atoms with Crippen molar-refractivity contribution in [1.29, 1.82) is 0 Å². The molecule has 0 spiro atoms. The molecule has 0 saturated carbocycles. The van der Waals surface area contributed by atoms with Crippen molar-refractivity contribution >= 4 is 81.4 Å². The molecule has 15 heteroatoms. The summed E-state index contributed by atoms with van der Waals surface area (Å²) in [5.74, 6) is -1.62. The third-order valence-corrected chi connectivity index (χ3v) is 8.22. The van der Waals surface area contributed by atoms with Crippen LogP contribution in [0, 0.1) is 0 Å². The molecule has 2 aliphatic rings. The number of carboxylic acids is 1. The third-order valence-electron chi connectivity index (χ3n) is 4.72. The number of rotatable bonds is 7. The molecule has 10 nitrogen and oxygen atoms in total. The molecule has 2 aromatic rings. The van der Waals surface area contributed by atoms with Gasteiger partial charge in [-0.05, 0) is 32.8 Å². The van der Waals surface area contributed by atoms with Crippen LogP contribution in [-0.2, 0) is 21.4 Å². The van der Waals surface area contributed by atoms with Crippen molar-refractivity contribution in [1.82, 2.24) is 30.4 Å². The van der Waals surface area contributed by atoms with Crippen LogP contribution in [-0.4, -0.2) is 70.9 Å². The fourth-order valence-corrected chi connectivity index (χ4v) is 6.61.